The Balaban J connectivity index is 1.92. The molecule has 2 aromatic rings. The van der Waals surface area contributed by atoms with Crippen LogP contribution in [0.25, 0.3) is 0 Å². The van der Waals surface area contributed by atoms with Crippen molar-refractivity contribution in [1.29, 1.82) is 0 Å². The molecule has 0 spiro atoms. The van der Waals surface area contributed by atoms with Gasteiger partial charge in [0.15, 0.2) is 0 Å². The normalized spacial score (nSPS) is 12.6. The predicted molar refractivity (Wildman–Crippen MR) is 89.2 cm³/mol. The molecule has 0 aliphatic carbocycles. The molecule has 1 aromatic heterocycles. The molecule has 0 saturated heterocycles. The number of hydrogen-bond donors (Lipinski definition) is 1. The summed E-state index contributed by atoms with van der Waals surface area (Å²) < 4.78 is 0. The van der Waals surface area contributed by atoms with Crippen molar-refractivity contribution in [3.8, 4) is 0 Å². The molecular formula is C19H26N2. The maximum absolute atomic E-state index is 4.52. The van der Waals surface area contributed by atoms with Crippen LogP contribution in [0.3, 0.4) is 0 Å². The van der Waals surface area contributed by atoms with Gasteiger partial charge in [-0.3, -0.25) is 4.98 Å². The monoisotopic (exact) mass is 282 g/mol. The number of aryl methyl sites for hydroxylation is 1. The van der Waals surface area contributed by atoms with E-state index in [0.717, 1.165) is 24.4 Å². The van der Waals surface area contributed by atoms with Crippen LogP contribution >= 0.6 is 0 Å². The Labute approximate surface area is 128 Å². The lowest BCUT2D eigenvalue weighted by atomic mass is 10.00. The highest BCUT2D eigenvalue weighted by atomic mass is 14.9. The smallest absolute Gasteiger partial charge is 0.0545 e. The lowest BCUT2D eigenvalue weighted by molar-refractivity contribution is 0.566. The molecule has 0 aliphatic heterocycles. The van der Waals surface area contributed by atoms with Gasteiger partial charge in [-0.25, -0.2) is 0 Å². The number of nitrogens with one attached hydrogen (secondary N) is 1. The Kier molecular flexibility index (Phi) is 5.51. The molecule has 1 N–H and O–H groups in total. The van der Waals surface area contributed by atoms with Gasteiger partial charge in [-0.2, -0.15) is 0 Å². The van der Waals surface area contributed by atoms with Crippen LogP contribution in [0, 0.1) is 12.8 Å². The van der Waals surface area contributed by atoms with Crippen LogP contribution in [0.5, 0.6) is 0 Å². The van der Waals surface area contributed by atoms with Crippen molar-refractivity contribution in [2.45, 2.75) is 46.7 Å². The summed E-state index contributed by atoms with van der Waals surface area (Å²) in [5.41, 5.74) is 4.91. The largest absolute Gasteiger partial charge is 0.305 e. The fourth-order valence-electron chi connectivity index (χ4n) is 2.49. The molecule has 112 valence electrons. The van der Waals surface area contributed by atoms with Gasteiger partial charge >= 0.3 is 0 Å². The zero-order valence-electron chi connectivity index (χ0n) is 13.6. The van der Waals surface area contributed by atoms with Crippen molar-refractivity contribution in [2.75, 3.05) is 0 Å². The molecule has 21 heavy (non-hydrogen) atoms. The number of rotatable bonds is 6. The average Bonchev–Trinajstić information content (AvgIpc) is 2.45. The SMILES string of the molecule is Cc1cccc(CNC(C)c2ccc(CC(C)C)cc2)n1. The van der Waals surface area contributed by atoms with Crippen molar-refractivity contribution in [1.82, 2.24) is 10.3 Å². The Morgan fingerprint density at radius 1 is 1.00 bits per heavy atom. The van der Waals surface area contributed by atoms with Crippen LogP contribution in [-0.2, 0) is 13.0 Å². The van der Waals surface area contributed by atoms with Gasteiger partial charge in [0.05, 0.1) is 5.69 Å². The Morgan fingerprint density at radius 2 is 1.71 bits per heavy atom. The Bertz CT molecular complexity index is 558. The van der Waals surface area contributed by atoms with E-state index in [2.05, 4.69) is 67.5 Å². The first-order valence-electron chi connectivity index (χ1n) is 7.79. The van der Waals surface area contributed by atoms with Gasteiger partial charge < -0.3 is 5.32 Å². The van der Waals surface area contributed by atoms with E-state index in [-0.39, 0.29) is 0 Å². The quantitative estimate of drug-likeness (QED) is 0.847. The highest BCUT2D eigenvalue weighted by Gasteiger charge is 2.06. The summed E-state index contributed by atoms with van der Waals surface area (Å²) in [5, 5.41) is 3.54. The first kappa shape index (κ1) is 15.7. The summed E-state index contributed by atoms with van der Waals surface area (Å²) in [5.74, 6) is 0.707. The van der Waals surface area contributed by atoms with Gasteiger partial charge in [0, 0.05) is 18.3 Å². The average molecular weight is 282 g/mol. The maximum Gasteiger partial charge on any atom is 0.0545 e. The third-order valence-electron chi connectivity index (χ3n) is 3.66. The van der Waals surface area contributed by atoms with Crippen LogP contribution in [0.4, 0.5) is 0 Å². The fraction of sp³-hybridized carbons (Fsp3) is 0.421. The van der Waals surface area contributed by atoms with Crippen molar-refractivity contribution in [3.63, 3.8) is 0 Å². The molecule has 1 heterocycles. The molecule has 1 aromatic carbocycles. The van der Waals surface area contributed by atoms with E-state index in [1.807, 2.05) is 13.0 Å². The molecular weight excluding hydrogens is 256 g/mol. The lowest BCUT2D eigenvalue weighted by Crippen LogP contribution is -2.18. The Morgan fingerprint density at radius 3 is 2.33 bits per heavy atom. The maximum atomic E-state index is 4.52. The molecule has 2 nitrogen and oxygen atoms in total. The standard InChI is InChI=1S/C19H26N2/c1-14(2)12-17-8-10-18(11-9-17)16(4)20-13-19-7-5-6-15(3)21-19/h5-11,14,16,20H,12-13H2,1-4H3. The zero-order chi connectivity index (χ0) is 15.2. The van der Waals surface area contributed by atoms with Crippen molar-refractivity contribution < 1.29 is 0 Å². The minimum atomic E-state index is 0.334. The Hall–Kier alpha value is -1.67. The van der Waals surface area contributed by atoms with E-state index >= 15 is 0 Å². The van der Waals surface area contributed by atoms with E-state index in [1.54, 1.807) is 0 Å². The van der Waals surface area contributed by atoms with Crippen LogP contribution in [0.1, 0.15) is 49.3 Å². The second kappa shape index (κ2) is 7.37. The minimum absolute atomic E-state index is 0.334. The summed E-state index contributed by atoms with van der Waals surface area (Å²) >= 11 is 0. The first-order chi connectivity index (χ1) is 10.0. The number of aromatic nitrogens is 1. The molecule has 0 aliphatic rings. The third kappa shape index (κ3) is 4.98. The minimum Gasteiger partial charge on any atom is -0.305 e. The number of pyridine rings is 1. The van der Waals surface area contributed by atoms with Crippen LogP contribution in [-0.4, -0.2) is 4.98 Å². The van der Waals surface area contributed by atoms with E-state index in [4.69, 9.17) is 0 Å². The van der Waals surface area contributed by atoms with E-state index < -0.39 is 0 Å². The van der Waals surface area contributed by atoms with Gasteiger partial charge in [-0.1, -0.05) is 44.2 Å². The molecule has 1 unspecified atom stereocenters. The summed E-state index contributed by atoms with van der Waals surface area (Å²) in [6.45, 7) is 9.55. The van der Waals surface area contributed by atoms with E-state index in [1.165, 1.54) is 11.1 Å². The van der Waals surface area contributed by atoms with Crippen LogP contribution in [0.2, 0.25) is 0 Å². The fourth-order valence-corrected chi connectivity index (χ4v) is 2.49. The summed E-state index contributed by atoms with van der Waals surface area (Å²) in [6.07, 6.45) is 1.15. The van der Waals surface area contributed by atoms with Gasteiger partial charge in [-0.15, -0.1) is 0 Å². The van der Waals surface area contributed by atoms with Crippen molar-refractivity contribution in [2.24, 2.45) is 5.92 Å². The second-order valence-electron chi connectivity index (χ2n) is 6.21. The number of nitrogens with zero attached hydrogens (tertiary/aromatic N) is 1. The lowest BCUT2D eigenvalue weighted by Gasteiger charge is -2.15. The van der Waals surface area contributed by atoms with Crippen molar-refractivity contribution in [3.05, 3.63) is 65.0 Å². The number of hydrogen-bond acceptors (Lipinski definition) is 2. The summed E-state index contributed by atoms with van der Waals surface area (Å²) in [7, 11) is 0. The highest BCUT2D eigenvalue weighted by Crippen LogP contribution is 2.16. The molecule has 0 fully saturated rings. The zero-order valence-corrected chi connectivity index (χ0v) is 13.6. The molecule has 2 rings (SSSR count). The van der Waals surface area contributed by atoms with Gasteiger partial charge in [0.1, 0.15) is 0 Å². The first-order valence-corrected chi connectivity index (χ1v) is 7.79. The molecule has 0 saturated carbocycles. The molecule has 1 atom stereocenters. The van der Waals surface area contributed by atoms with Crippen LogP contribution < -0.4 is 5.32 Å². The van der Waals surface area contributed by atoms with E-state index in [9.17, 15) is 0 Å². The van der Waals surface area contributed by atoms with Gasteiger partial charge in [0.25, 0.3) is 0 Å². The van der Waals surface area contributed by atoms with Crippen molar-refractivity contribution >= 4 is 0 Å². The topological polar surface area (TPSA) is 24.9 Å². The highest BCUT2D eigenvalue weighted by molar-refractivity contribution is 5.25. The summed E-state index contributed by atoms with van der Waals surface area (Å²) in [6, 6.07) is 15.5. The number of benzene rings is 1. The van der Waals surface area contributed by atoms with Crippen LogP contribution in [0.15, 0.2) is 42.5 Å². The molecule has 0 amide bonds. The predicted octanol–water partition coefficient (Wildman–Crippen LogP) is 4.44. The molecule has 0 radical (unpaired) electrons. The van der Waals surface area contributed by atoms with Gasteiger partial charge in [-0.05, 0) is 49.4 Å². The second-order valence-corrected chi connectivity index (χ2v) is 6.21. The molecule has 0 bridgehead atoms. The van der Waals surface area contributed by atoms with Gasteiger partial charge in [0.2, 0.25) is 0 Å². The summed E-state index contributed by atoms with van der Waals surface area (Å²) in [4.78, 5) is 4.52. The molecule has 2 heteroatoms. The third-order valence-corrected chi connectivity index (χ3v) is 3.66. The van der Waals surface area contributed by atoms with E-state index in [0.29, 0.717) is 12.0 Å².